The molecule has 0 aliphatic rings. The quantitative estimate of drug-likeness (QED) is 0.822. The molecule has 2 aromatic rings. The third-order valence-corrected chi connectivity index (χ3v) is 3.47. The van der Waals surface area contributed by atoms with Gasteiger partial charge >= 0.3 is 6.18 Å². The van der Waals surface area contributed by atoms with Gasteiger partial charge in [-0.25, -0.2) is 0 Å². The Kier molecular flexibility index (Phi) is 5.02. The predicted octanol–water partition coefficient (Wildman–Crippen LogP) is 4.95. The zero-order valence-electron chi connectivity index (χ0n) is 11.8. The minimum absolute atomic E-state index is 0.0486. The Morgan fingerprint density at radius 2 is 1.57 bits per heavy atom. The summed E-state index contributed by atoms with van der Waals surface area (Å²) in [4.78, 5) is 0. The summed E-state index contributed by atoms with van der Waals surface area (Å²) in [6.45, 7) is 2.21. The fourth-order valence-electron chi connectivity index (χ4n) is 2.37. The Balaban J connectivity index is 2.13. The van der Waals surface area contributed by atoms with Crippen LogP contribution < -0.4 is 5.32 Å². The highest BCUT2D eigenvalue weighted by molar-refractivity contribution is 5.30. The van der Waals surface area contributed by atoms with Crippen LogP contribution in [-0.4, -0.2) is 0 Å². The molecule has 2 rings (SSSR count). The van der Waals surface area contributed by atoms with Gasteiger partial charge in [0.1, 0.15) is 0 Å². The van der Waals surface area contributed by atoms with E-state index in [1.807, 2.05) is 37.3 Å². The Hall–Kier alpha value is -1.81. The number of hydrogen-bond donors (Lipinski definition) is 1. The van der Waals surface area contributed by atoms with Crippen LogP contribution in [-0.2, 0) is 12.7 Å². The molecular weight excluding hydrogens is 275 g/mol. The Bertz CT molecular complexity index is 564. The van der Waals surface area contributed by atoms with E-state index in [-0.39, 0.29) is 18.2 Å². The molecule has 0 spiro atoms. The molecule has 2 aromatic carbocycles. The normalized spacial score (nSPS) is 13.1. The van der Waals surface area contributed by atoms with Gasteiger partial charge in [-0.2, -0.15) is 13.2 Å². The van der Waals surface area contributed by atoms with E-state index in [4.69, 9.17) is 0 Å². The standard InChI is InChI=1S/C17H18F3N/c1-2-16(13-8-4-3-5-9-13)21-12-14-10-6-7-11-15(14)17(18,19)20/h3-11,16,21H,2,12H2,1H3. The van der Waals surface area contributed by atoms with Crippen LogP contribution in [0, 0.1) is 0 Å². The molecule has 112 valence electrons. The molecule has 1 unspecified atom stereocenters. The molecule has 0 aromatic heterocycles. The largest absolute Gasteiger partial charge is 0.416 e. The van der Waals surface area contributed by atoms with Crippen molar-refractivity contribution in [1.82, 2.24) is 5.32 Å². The van der Waals surface area contributed by atoms with Crippen molar-refractivity contribution in [2.24, 2.45) is 0 Å². The molecular formula is C17H18F3N. The highest BCUT2D eigenvalue weighted by atomic mass is 19.4. The molecule has 1 nitrogen and oxygen atoms in total. The summed E-state index contributed by atoms with van der Waals surface area (Å²) in [6.07, 6.45) is -3.50. The number of hydrogen-bond acceptors (Lipinski definition) is 1. The van der Waals surface area contributed by atoms with Gasteiger partial charge in [0.05, 0.1) is 5.56 Å². The lowest BCUT2D eigenvalue weighted by molar-refractivity contribution is -0.138. The van der Waals surface area contributed by atoms with Crippen LogP contribution in [0.2, 0.25) is 0 Å². The third-order valence-electron chi connectivity index (χ3n) is 3.47. The van der Waals surface area contributed by atoms with Gasteiger partial charge in [-0.3, -0.25) is 0 Å². The molecule has 0 bridgehead atoms. The van der Waals surface area contributed by atoms with Crippen molar-refractivity contribution in [3.05, 3.63) is 71.3 Å². The van der Waals surface area contributed by atoms with Crippen LogP contribution in [0.4, 0.5) is 13.2 Å². The summed E-state index contributed by atoms with van der Waals surface area (Å²) in [5.41, 5.74) is 0.796. The minimum atomic E-state index is -4.31. The average molecular weight is 293 g/mol. The molecule has 0 saturated heterocycles. The first kappa shape index (κ1) is 15.6. The van der Waals surface area contributed by atoms with Gasteiger partial charge < -0.3 is 5.32 Å². The maximum Gasteiger partial charge on any atom is 0.416 e. The summed E-state index contributed by atoms with van der Waals surface area (Å²) >= 11 is 0. The molecule has 0 aliphatic carbocycles. The number of benzene rings is 2. The first-order valence-corrected chi connectivity index (χ1v) is 6.95. The smallest absolute Gasteiger partial charge is 0.306 e. The van der Waals surface area contributed by atoms with Crippen molar-refractivity contribution in [2.75, 3.05) is 0 Å². The highest BCUT2D eigenvalue weighted by Gasteiger charge is 2.32. The Morgan fingerprint density at radius 3 is 2.19 bits per heavy atom. The average Bonchev–Trinajstić information content (AvgIpc) is 2.48. The number of alkyl halides is 3. The second-order valence-electron chi connectivity index (χ2n) is 4.91. The molecule has 0 fully saturated rings. The molecule has 21 heavy (non-hydrogen) atoms. The lowest BCUT2D eigenvalue weighted by Gasteiger charge is -2.19. The van der Waals surface area contributed by atoms with Gasteiger partial charge in [0, 0.05) is 12.6 Å². The number of halogens is 3. The zero-order valence-corrected chi connectivity index (χ0v) is 11.8. The van der Waals surface area contributed by atoms with Gasteiger partial charge in [-0.15, -0.1) is 0 Å². The summed E-state index contributed by atoms with van der Waals surface area (Å²) < 4.78 is 38.8. The number of rotatable bonds is 5. The van der Waals surface area contributed by atoms with E-state index >= 15 is 0 Å². The summed E-state index contributed by atoms with van der Waals surface area (Å²) in [5, 5.41) is 3.21. The maximum atomic E-state index is 12.9. The van der Waals surface area contributed by atoms with Crippen LogP contribution in [0.1, 0.15) is 36.1 Å². The molecule has 1 atom stereocenters. The summed E-state index contributed by atoms with van der Waals surface area (Å²) in [7, 11) is 0. The van der Waals surface area contributed by atoms with Crippen LogP contribution in [0.5, 0.6) is 0 Å². The summed E-state index contributed by atoms with van der Waals surface area (Å²) in [6, 6.07) is 15.5. The fourth-order valence-corrected chi connectivity index (χ4v) is 2.37. The molecule has 0 aliphatic heterocycles. The maximum absolute atomic E-state index is 12.9. The minimum Gasteiger partial charge on any atom is -0.306 e. The van der Waals surface area contributed by atoms with E-state index in [0.717, 1.165) is 18.1 Å². The van der Waals surface area contributed by atoms with Crippen LogP contribution in [0.25, 0.3) is 0 Å². The molecule has 1 N–H and O–H groups in total. The van der Waals surface area contributed by atoms with Crippen molar-refractivity contribution >= 4 is 0 Å². The second-order valence-corrected chi connectivity index (χ2v) is 4.91. The van der Waals surface area contributed by atoms with Crippen LogP contribution >= 0.6 is 0 Å². The van der Waals surface area contributed by atoms with Gasteiger partial charge in [0.2, 0.25) is 0 Å². The molecule has 0 saturated carbocycles. The van der Waals surface area contributed by atoms with Crippen LogP contribution in [0.3, 0.4) is 0 Å². The van der Waals surface area contributed by atoms with E-state index in [1.165, 1.54) is 12.1 Å². The van der Waals surface area contributed by atoms with E-state index in [2.05, 4.69) is 5.32 Å². The van der Waals surface area contributed by atoms with E-state index < -0.39 is 11.7 Å². The van der Waals surface area contributed by atoms with Crippen LogP contribution in [0.15, 0.2) is 54.6 Å². The fraction of sp³-hybridized carbons (Fsp3) is 0.294. The topological polar surface area (TPSA) is 12.0 Å². The van der Waals surface area contributed by atoms with Crippen molar-refractivity contribution < 1.29 is 13.2 Å². The predicted molar refractivity (Wildman–Crippen MR) is 77.8 cm³/mol. The van der Waals surface area contributed by atoms with E-state index in [0.29, 0.717) is 0 Å². The molecule has 0 amide bonds. The SMILES string of the molecule is CCC(NCc1ccccc1C(F)(F)F)c1ccccc1. The van der Waals surface area contributed by atoms with Gasteiger partial charge in [-0.05, 0) is 23.6 Å². The number of nitrogens with one attached hydrogen (secondary N) is 1. The summed E-state index contributed by atoms with van der Waals surface area (Å²) in [5.74, 6) is 0. The molecule has 4 heteroatoms. The second kappa shape index (κ2) is 6.76. The lowest BCUT2D eigenvalue weighted by atomic mass is 10.0. The van der Waals surface area contributed by atoms with Gasteiger partial charge in [-0.1, -0.05) is 55.5 Å². The lowest BCUT2D eigenvalue weighted by Crippen LogP contribution is -2.22. The molecule has 0 radical (unpaired) electrons. The monoisotopic (exact) mass is 293 g/mol. The first-order chi connectivity index (χ1) is 10.0. The van der Waals surface area contributed by atoms with E-state index in [1.54, 1.807) is 6.07 Å². The van der Waals surface area contributed by atoms with E-state index in [9.17, 15) is 13.2 Å². The van der Waals surface area contributed by atoms with Crippen molar-refractivity contribution in [2.45, 2.75) is 32.1 Å². The first-order valence-electron chi connectivity index (χ1n) is 6.95. The molecule has 0 heterocycles. The Morgan fingerprint density at radius 1 is 0.952 bits per heavy atom. The highest BCUT2D eigenvalue weighted by Crippen LogP contribution is 2.32. The Labute approximate surface area is 122 Å². The zero-order chi connectivity index (χ0) is 15.3. The van der Waals surface area contributed by atoms with Crippen molar-refractivity contribution in [3.63, 3.8) is 0 Å². The third kappa shape index (κ3) is 4.08. The van der Waals surface area contributed by atoms with Crippen molar-refractivity contribution in [3.8, 4) is 0 Å². The van der Waals surface area contributed by atoms with Gasteiger partial charge in [0.15, 0.2) is 0 Å². The van der Waals surface area contributed by atoms with Gasteiger partial charge in [0.25, 0.3) is 0 Å². The van der Waals surface area contributed by atoms with Crippen molar-refractivity contribution in [1.29, 1.82) is 0 Å².